The molecule has 0 unspecified atom stereocenters. The molecular weight excluding hydrogens is 360 g/mol. The predicted octanol–water partition coefficient (Wildman–Crippen LogP) is 3.50. The van der Waals surface area contributed by atoms with E-state index in [-0.39, 0.29) is 32.8 Å². The van der Waals surface area contributed by atoms with Gasteiger partial charge in [-0.3, -0.25) is 4.79 Å². The van der Waals surface area contributed by atoms with Crippen LogP contribution < -0.4 is 10.6 Å². The number of nitrogens with one attached hydrogen (secondary N) is 2. The first-order chi connectivity index (χ1) is 11.6. The predicted molar refractivity (Wildman–Crippen MR) is 99.7 cm³/mol. The Kier molecular flexibility index (Phi) is 5.75. The number of anilines is 1. The minimum Gasteiger partial charge on any atom is -0.375 e. The van der Waals surface area contributed by atoms with E-state index >= 15 is 0 Å². The van der Waals surface area contributed by atoms with Crippen LogP contribution in [-0.2, 0) is 14.6 Å². The zero-order chi connectivity index (χ0) is 18.7. The average Bonchev–Trinajstić information content (AvgIpc) is 2.53. The molecule has 2 aromatic carbocycles. The minimum atomic E-state index is -3.73. The fraction of sp³-hybridized carbons (Fsp3) is 0.278. The van der Waals surface area contributed by atoms with Crippen molar-refractivity contribution in [3.05, 3.63) is 53.6 Å². The summed E-state index contributed by atoms with van der Waals surface area (Å²) in [6.45, 7) is 5.63. The third-order valence-electron chi connectivity index (χ3n) is 3.26. The van der Waals surface area contributed by atoms with E-state index in [4.69, 9.17) is 11.6 Å². The minimum absolute atomic E-state index is 0.00148. The summed E-state index contributed by atoms with van der Waals surface area (Å²) >= 11 is 6.29. The molecule has 0 aliphatic carbocycles. The van der Waals surface area contributed by atoms with E-state index in [2.05, 4.69) is 10.6 Å². The molecule has 5 nitrogen and oxygen atoms in total. The molecule has 0 heterocycles. The molecule has 0 aliphatic heterocycles. The highest BCUT2D eigenvalue weighted by atomic mass is 35.5. The van der Waals surface area contributed by atoms with Crippen molar-refractivity contribution in [2.45, 2.75) is 36.1 Å². The lowest BCUT2D eigenvalue weighted by atomic mass is 10.1. The largest absolute Gasteiger partial charge is 0.375 e. The number of hydrogen-bond acceptors (Lipinski definition) is 4. The van der Waals surface area contributed by atoms with Crippen LogP contribution in [0.4, 0.5) is 5.69 Å². The van der Waals surface area contributed by atoms with Crippen molar-refractivity contribution in [3.63, 3.8) is 0 Å². The van der Waals surface area contributed by atoms with Crippen LogP contribution in [0, 0.1) is 0 Å². The van der Waals surface area contributed by atoms with Crippen molar-refractivity contribution in [2.24, 2.45) is 0 Å². The summed E-state index contributed by atoms with van der Waals surface area (Å²) in [7, 11) is -3.73. The lowest BCUT2D eigenvalue weighted by molar-refractivity contribution is -0.120. The second kappa shape index (κ2) is 7.45. The molecule has 2 rings (SSSR count). The molecule has 25 heavy (non-hydrogen) atoms. The lowest BCUT2D eigenvalue weighted by Crippen LogP contribution is -2.43. The van der Waals surface area contributed by atoms with Gasteiger partial charge in [0.25, 0.3) is 0 Å². The van der Waals surface area contributed by atoms with Crippen LogP contribution in [-0.4, -0.2) is 26.4 Å². The van der Waals surface area contributed by atoms with E-state index in [0.29, 0.717) is 5.69 Å². The van der Waals surface area contributed by atoms with Gasteiger partial charge in [-0.05, 0) is 45.0 Å². The van der Waals surface area contributed by atoms with Gasteiger partial charge in [0.2, 0.25) is 15.7 Å². The Morgan fingerprint density at radius 3 is 2.28 bits per heavy atom. The zero-order valence-corrected chi connectivity index (χ0v) is 15.9. The quantitative estimate of drug-likeness (QED) is 0.832. The molecule has 0 aromatic heterocycles. The Morgan fingerprint density at radius 2 is 1.68 bits per heavy atom. The average molecular weight is 381 g/mol. The highest BCUT2D eigenvalue weighted by molar-refractivity contribution is 7.91. The van der Waals surface area contributed by atoms with Crippen LogP contribution in [0.5, 0.6) is 0 Å². The van der Waals surface area contributed by atoms with Crippen LogP contribution >= 0.6 is 11.6 Å². The maximum atomic E-state index is 12.7. The summed E-state index contributed by atoms with van der Waals surface area (Å²) in [5.74, 6) is -0.208. The fourth-order valence-electron chi connectivity index (χ4n) is 2.22. The van der Waals surface area contributed by atoms with Gasteiger partial charge in [0, 0.05) is 5.54 Å². The summed E-state index contributed by atoms with van der Waals surface area (Å²) in [4.78, 5) is 12.1. The highest BCUT2D eigenvalue weighted by Crippen LogP contribution is 2.32. The first kappa shape index (κ1) is 19.3. The Morgan fingerprint density at radius 1 is 1.04 bits per heavy atom. The van der Waals surface area contributed by atoms with Crippen LogP contribution in [0.2, 0.25) is 5.02 Å². The zero-order valence-electron chi connectivity index (χ0n) is 14.3. The number of carbonyl (C=O) groups is 1. The van der Waals surface area contributed by atoms with E-state index in [1.807, 2.05) is 20.8 Å². The van der Waals surface area contributed by atoms with Gasteiger partial charge >= 0.3 is 0 Å². The molecule has 2 aromatic rings. The number of hydrogen-bond donors (Lipinski definition) is 2. The van der Waals surface area contributed by atoms with Crippen LogP contribution in [0.1, 0.15) is 20.8 Å². The first-order valence-electron chi connectivity index (χ1n) is 7.75. The van der Waals surface area contributed by atoms with Gasteiger partial charge in [-0.15, -0.1) is 0 Å². The maximum absolute atomic E-state index is 12.7. The van der Waals surface area contributed by atoms with E-state index in [1.165, 1.54) is 18.2 Å². The van der Waals surface area contributed by atoms with Crippen molar-refractivity contribution in [1.82, 2.24) is 5.32 Å². The number of rotatable bonds is 5. The van der Waals surface area contributed by atoms with Crippen LogP contribution in [0.3, 0.4) is 0 Å². The van der Waals surface area contributed by atoms with Gasteiger partial charge < -0.3 is 10.6 Å². The molecular formula is C18H21ClN2O3S. The summed E-state index contributed by atoms with van der Waals surface area (Å²) in [5.41, 5.74) is 0.0452. The van der Waals surface area contributed by atoms with Crippen LogP contribution in [0.25, 0.3) is 0 Å². The van der Waals surface area contributed by atoms with Crippen molar-refractivity contribution >= 4 is 33.0 Å². The number of halogens is 1. The summed E-state index contributed by atoms with van der Waals surface area (Å²) in [6, 6.07) is 12.8. The molecule has 134 valence electrons. The second-order valence-corrected chi connectivity index (χ2v) is 8.88. The fourth-order valence-corrected chi connectivity index (χ4v) is 4.09. The van der Waals surface area contributed by atoms with Gasteiger partial charge in [0.05, 0.1) is 27.0 Å². The Balaban J connectivity index is 2.25. The monoisotopic (exact) mass is 380 g/mol. The summed E-state index contributed by atoms with van der Waals surface area (Å²) in [6.07, 6.45) is 0. The summed E-state index contributed by atoms with van der Waals surface area (Å²) in [5, 5.41) is 5.77. The molecule has 0 bridgehead atoms. The van der Waals surface area contributed by atoms with Gasteiger partial charge in [-0.1, -0.05) is 35.9 Å². The highest BCUT2D eigenvalue weighted by Gasteiger charge is 2.22. The van der Waals surface area contributed by atoms with Gasteiger partial charge in [0.1, 0.15) is 0 Å². The van der Waals surface area contributed by atoms with E-state index in [0.717, 1.165) is 0 Å². The van der Waals surface area contributed by atoms with Gasteiger partial charge in [-0.25, -0.2) is 8.42 Å². The third-order valence-corrected chi connectivity index (χ3v) is 5.59. The van der Waals surface area contributed by atoms with Gasteiger partial charge in [-0.2, -0.15) is 0 Å². The molecule has 2 N–H and O–H groups in total. The molecule has 0 atom stereocenters. The Labute approximate surface area is 153 Å². The molecule has 0 saturated heterocycles. The van der Waals surface area contributed by atoms with Gasteiger partial charge in [0.15, 0.2) is 0 Å². The standard InChI is InChI=1S/C18H21ClN2O3S/c1-18(2,3)21-16(22)12-20-14-10-7-11-15(17(14)19)25(23,24)13-8-5-4-6-9-13/h4-11,20H,12H2,1-3H3,(H,21,22). The smallest absolute Gasteiger partial charge is 0.239 e. The number of amides is 1. The van der Waals surface area contributed by atoms with Crippen molar-refractivity contribution in [2.75, 3.05) is 11.9 Å². The first-order valence-corrected chi connectivity index (χ1v) is 9.61. The lowest BCUT2D eigenvalue weighted by Gasteiger charge is -2.21. The third kappa shape index (κ3) is 4.96. The molecule has 0 radical (unpaired) electrons. The van der Waals surface area contributed by atoms with Crippen molar-refractivity contribution in [3.8, 4) is 0 Å². The molecule has 7 heteroatoms. The Bertz CT molecular complexity index is 860. The summed E-state index contributed by atoms with van der Waals surface area (Å²) < 4.78 is 25.5. The van der Waals surface area contributed by atoms with E-state index in [1.54, 1.807) is 30.3 Å². The second-order valence-electron chi connectivity index (χ2n) is 6.59. The van der Waals surface area contributed by atoms with Crippen molar-refractivity contribution < 1.29 is 13.2 Å². The number of sulfone groups is 1. The maximum Gasteiger partial charge on any atom is 0.239 e. The van der Waals surface area contributed by atoms with E-state index in [9.17, 15) is 13.2 Å². The van der Waals surface area contributed by atoms with Crippen molar-refractivity contribution in [1.29, 1.82) is 0 Å². The topological polar surface area (TPSA) is 75.3 Å². The molecule has 0 aliphatic rings. The molecule has 0 fully saturated rings. The molecule has 0 saturated carbocycles. The molecule has 1 amide bonds. The van der Waals surface area contributed by atoms with E-state index < -0.39 is 9.84 Å². The normalized spacial score (nSPS) is 11.8. The van der Waals surface area contributed by atoms with Crippen LogP contribution in [0.15, 0.2) is 58.3 Å². The number of benzene rings is 2. The SMILES string of the molecule is CC(C)(C)NC(=O)CNc1cccc(S(=O)(=O)c2ccccc2)c1Cl. The number of carbonyl (C=O) groups excluding carboxylic acids is 1. The Hall–Kier alpha value is -2.05. The molecule has 0 spiro atoms.